The van der Waals surface area contributed by atoms with Crippen LogP contribution in [-0.4, -0.2) is 11.1 Å². The summed E-state index contributed by atoms with van der Waals surface area (Å²) in [5.74, 6) is -0.723. The Labute approximate surface area is 109 Å². The van der Waals surface area contributed by atoms with Crippen LogP contribution in [0.3, 0.4) is 0 Å². The number of carbonyl (C=O) groups is 1. The van der Waals surface area contributed by atoms with E-state index in [0.717, 1.165) is 9.75 Å². The molecule has 0 fully saturated rings. The van der Waals surface area contributed by atoms with Crippen molar-refractivity contribution in [2.24, 2.45) is 5.41 Å². The molecule has 2 aromatic heterocycles. The van der Waals surface area contributed by atoms with Gasteiger partial charge in [0.05, 0.1) is 5.41 Å². The summed E-state index contributed by atoms with van der Waals surface area (Å²) in [6, 6.07) is 7.93. The largest absolute Gasteiger partial charge is 0.481 e. The fourth-order valence-corrected chi connectivity index (χ4v) is 3.59. The average molecular weight is 266 g/mol. The summed E-state index contributed by atoms with van der Waals surface area (Å²) < 4.78 is 0. The molecular formula is C13H14O2S2. The van der Waals surface area contributed by atoms with Crippen LogP contribution in [0.2, 0.25) is 0 Å². The molecule has 0 aromatic carbocycles. The molecule has 0 aliphatic heterocycles. The summed E-state index contributed by atoms with van der Waals surface area (Å²) in [6.45, 7) is 1.83. The van der Waals surface area contributed by atoms with Crippen molar-refractivity contribution < 1.29 is 9.90 Å². The van der Waals surface area contributed by atoms with Crippen LogP contribution in [0.25, 0.3) is 0 Å². The molecule has 0 saturated heterocycles. The molecule has 0 bridgehead atoms. The SMILES string of the molecule is CC(Cc1cccs1)(Cc1cccs1)C(=O)O. The number of carboxylic acid groups (broad SMARTS) is 1. The maximum absolute atomic E-state index is 11.5. The molecule has 2 nitrogen and oxygen atoms in total. The zero-order valence-electron chi connectivity index (χ0n) is 9.55. The van der Waals surface area contributed by atoms with Gasteiger partial charge in [-0.25, -0.2) is 0 Å². The van der Waals surface area contributed by atoms with Crippen LogP contribution in [0.1, 0.15) is 16.7 Å². The summed E-state index contributed by atoms with van der Waals surface area (Å²) in [6.07, 6.45) is 1.19. The third kappa shape index (κ3) is 2.96. The third-order valence-electron chi connectivity index (χ3n) is 2.81. The maximum Gasteiger partial charge on any atom is 0.310 e. The van der Waals surface area contributed by atoms with Crippen molar-refractivity contribution in [2.75, 3.05) is 0 Å². The Bertz CT molecular complexity index is 435. The zero-order chi connectivity index (χ0) is 12.3. The molecule has 0 amide bonds. The summed E-state index contributed by atoms with van der Waals surface area (Å²) >= 11 is 3.24. The Morgan fingerprint density at radius 3 is 1.94 bits per heavy atom. The molecular weight excluding hydrogens is 252 g/mol. The zero-order valence-corrected chi connectivity index (χ0v) is 11.2. The first-order valence-corrected chi connectivity index (χ1v) is 7.14. The first-order valence-electron chi connectivity index (χ1n) is 5.38. The number of rotatable bonds is 5. The van der Waals surface area contributed by atoms with Gasteiger partial charge >= 0.3 is 5.97 Å². The van der Waals surface area contributed by atoms with E-state index in [2.05, 4.69) is 0 Å². The highest BCUT2D eigenvalue weighted by molar-refractivity contribution is 7.10. The molecule has 2 aromatic rings. The van der Waals surface area contributed by atoms with Gasteiger partial charge in [0.2, 0.25) is 0 Å². The number of aliphatic carboxylic acids is 1. The Balaban J connectivity index is 2.17. The van der Waals surface area contributed by atoms with E-state index in [0.29, 0.717) is 12.8 Å². The fourth-order valence-electron chi connectivity index (χ4n) is 1.81. The van der Waals surface area contributed by atoms with Crippen molar-refractivity contribution in [1.82, 2.24) is 0 Å². The topological polar surface area (TPSA) is 37.3 Å². The van der Waals surface area contributed by atoms with E-state index in [-0.39, 0.29) is 0 Å². The first kappa shape index (κ1) is 12.3. The molecule has 0 atom stereocenters. The fraction of sp³-hybridized carbons (Fsp3) is 0.308. The molecule has 0 aliphatic rings. The van der Waals surface area contributed by atoms with Crippen LogP contribution in [0.5, 0.6) is 0 Å². The standard InChI is InChI=1S/C13H14O2S2/c1-13(12(14)15,8-10-4-2-6-16-10)9-11-5-3-7-17-11/h2-7H,8-9H2,1H3,(H,14,15). The van der Waals surface area contributed by atoms with Crippen molar-refractivity contribution in [3.8, 4) is 0 Å². The number of carboxylic acids is 1. The minimum absolute atomic E-state index is 0.595. The molecule has 0 radical (unpaired) electrons. The Hall–Kier alpha value is -1.13. The second-order valence-electron chi connectivity index (χ2n) is 4.38. The van der Waals surface area contributed by atoms with Gasteiger partial charge in [-0.2, -0.15) is 0 Å². The maximum atomic E-state index is 11.5. The molecule has 0 aliphatic carbocycles. The monoisotopic (exact) mass is 266 g/mol. The highest BCUT2D eigenvalue weighted by atomic mass is 32.1. The van der Waals surface area contributed by atoms with Gasteiger partial charge in [0.15, 0.2) is 0 Å². The lowest BCUT2D eigenvalue weighted by atomic mass is 9.82. The lowest BCUT2D eigenvalue weighted by Crippen LogP contribution is -2.31. The molecule has 2 heterocycles. The number of hydrogen-bond donors (Lipinski definition) is 1. The normalized spacial score (nSPS) is 11.6. The number of hydrogen-bond acceptors (Lipinski definition) is 3. The molecule has 90 valence electrons. The van der Waals surface area contributed by atoms with Crippen LogP contribution in [0, 0.1) is 5.41 Å². The van der Waals surface area contributed by atoms with Gasteiger partial charge in [0.25, 0.3) is 0 Å². The van der Waals surface area contributed by atoms with Gasteiger partial charge < -0.3 is 5.11 Å². The highest BCUT2D eigenvalue weighted by Crippen LogP contribution is 2.31. The van der Waals surface area contributed by atoms with Crippen LogP contribution in [-0.2, 0) is 17.6 Å². The van der Waals surface area contributed by atoms with E-state index in [1.807, 2.05) is 41.9 Å². The average Bonchev–Trinajstić information content (AvgIpc) is 2.90. The van der Waals surface area contributed by atoms with Crippen LogP contribution < -0.4 is 0 Å². The van der Waals surface area contributed by atoms with Gasteiger partial charge in [0, 0.05) is 9.75 Å². The van der Waals surface area contributed by atoms with E-state index in [1.54, 1.807) is 22.7 Å². The van der Waals surface area contributed by atoms with E-state index >= 15 is 0 Å². The summed E-state index contributed by atoms with van der Waals surface area (Å²) in [5.41, 5.74) is -0.713. The van der Waals surface area contributed by atoms with E-state index in [9.17, 15) is 9.90 Å². The van der Waals surface area contributed by atoms with Gasteiger partial charge in [-0.3, -0.25) is 4.79 Å². The smallest absolute Gasteiger partial charge is 0.310 e. The highest BCUT2D eigenvalue weighted by Gasteiger charge is 2.34. The van der Waals surface area contributed by atoms with Crippen molar-refractivity contribution in [2.45, 2.75) is 19.8 Å². The first-order chi connectivity index (χ1) is 8.10. The summed E-state index contributed by atoms with van der Waals surface area (Å²) in [7, 11) is 0. The lowest BCUT2D eigenvalue weighted by Gasteiger charge is -2.23. The Morgan fingerprint density at radius 1 is 1.18 bits per heavy atom. The molecule has 1 N–H and O–H groups in total. The summed E-state index contributed by atoms with van der Waals surface area (Å²) in [5, 5.41) is 13.4. The predicted octanol–water partition coefficient (Wildman–Crippen LogP) is 3.69. The van der Waals surface area contributed by atoms with Gasteiger partial charge in [-0.1, -0.05) is 12.1 Å². The van der Waals surface area contributed by atoms with Gasteiger partial charge in [-0.15, -0.1) is 22.7 Å². The molecule has 0 unspecified atom stereocenters. The van der Waals surface area contributed by atoms with Crippen molar-refractivity contribution in [3.05, 3.63) is 44.8 Å². The molecule has 0 spiro atoms. The Kier molecular flexibility index (Phi) is 3.64. The van der Waals surface area contributed by atoms with E-state index < -0.39 is 11.4 Å². The van der Waals surface area contributed by atoms with Gasteiger partial charge in [0.1, 0.15) is 0 Å². The van der Waals surface area contributed by atoms with Crippen molar-refractivity contribution >= 4 is 28.6 Å². The molecule has 0 saturated carbocycles. The Morgan fingerprint density at radius 2 is 1.65 bits per heavy atom. The third-order valence-corrected chi connectivity index (χ3v) is 4.56. The minimum atomic E-state index is -0.723. The summed E-state index contributed by atoms with van der Waals surface area (Å²) in [4.78, 5) is 13.7. The lowest BCUT2D eigenvalue weighted by molar-refractivity contribution is -0.147. The quantitative estimate of drug-likeness (QED) is 0.896. The van der Waals surface area contributed by atoms with Crippen LogP contribution in [0.15, 0.2) is 35.0 Å². The van der Waals surface area contributed by atoms with E-state index in [4.69, 9.17) is 0 Å². The molecule has 2 rings (SSSR count). The van der Waals surface area contributed by atoms with E-state index in [1.165, 1.54) is 0 Å². The predicted molar refractivity (Wildman–Crippen MR) is 71.8 cm³/mol. The second-order valence-corrected chi connectivity index (χ2v) is 6.44. The van der Waals surface area contributed by atoms with Crippen molar-refractivity contribution in [3.63, 3.8) is 0 Å². The molecule has 17 heavy (non-hydrogen) atoms. The van der Waals surface area contributed by atoms with Crippen molar-refractivity contribution in [1.29, 1.82) is 0 Å². The number of thiophene rings is 2. The second kappa shape index (κ2) is 5.02. The van der Waals surface area contributed by atoms with Crippen LogP contribution >= 0.6 is 22.7 Å². The molecule has 4 heteroatoms. The van der Waals surface area contributed by atoms with Crippen LogP contribution in [0.4, 0.5) is 0 Å². The van der Waals surface area contributed by atoms with Gasteiger partial charge in [-0.05, 0) is 42.7 Å². The minimum Gasteiger partial charge on any atom is -0.481 e.